The third kappa shape index (κ3) is 4.63. The molecule has 2 aromatic carbocycles. The van der Waals surface area contributed by atoms with Crippen LogP contribution in [0.1, 0.15) is 48.0 Å². The van der Waals surface area contributed by atoms with Gasteiger partial charge in [0.15, 0.2) is 5.13 Å². The summed E-state index contributed by atoms with van der Waals surface area (Å²) in [5.74, 6) is -1.17. The molecule has 0 unspecified atom stereocenters. The highest BCUT2D eigenvalue weighted by Crippen LogP contribution is 2.27. The molecule has 1 heterocycles. The Hall–Kier alpha value is -3.19. The van der Waals surface area contributed by atoms with Gasteiger partial charge in [-0.05, 0) is 50.5 Å². The second-order valence-electron chi connectivity index (χ2n) is 6.98. The van der Waals surface area contributed by atoms with Crippen molar-refractivity contribution in [1.29, 1.82) is 0 Å². The lowest BCUT2D eigenvalue weighted by Crippen LogP contribution is -2.13. The van der Waals surface area contributed by atoms with Crippen LogP contribution in [0.15, 0.2) is 36.4 Å². The van der Waals surface area contributed by atoms with Gasteiger partial charge in [0.05, 0.1) is 11.3 Å². The summed E-state index contributed by atoms with van der Waals surface area (Å²) in [5, 5.41) is 16.0. The van der Waals surface area contributed by atoms with Crippen molar-refractivity contribution in [2.45, 2.75) is 34.2 Å². The van der Waals surface area contributed by atoms with Crippen molar-refractivity contribution >= 4 is 34.0 Å². The Morgan fingerprint density at radius 3 is 2.38 bits per heavy atom. The number of aromatic nitrogens is 1. The molecule has 0 bridgehead atoms. The Balaban J connectivity index is 1.75. The Bertz CT molecular complexity index is 1070. The fraction of sp³-hybridized carbons (Fsp3) is 0.227. The summed E-state index contributed by atoms with van der Waals surface area (Å²) >= 11 is 1.25. The minimum absolute atomic E-state index is 0.200. The Morgan fingerprint density at radius 1 is 1.07 bits per heavy atom. The van der Waals surface area contributed by atoms with Gasteiger partial charge in [0, 0.05) is 12.2 Å². The number of amides is 1. The number of benzene rings is 2. The molecule has 1 amide bonds. The number of hydrogen-bond acceptors (Lipinski definition) is 5. The maximum absolute atomic E-state index is 12.8. The van der Waals surface area contributed by atoms with Crippen LogP contribution < -0.4 is 10.6 Å². The number of nitrogens with one attached hydrogen (secondary N) is 2. The highest BCUT2D eigenvalue weighted by atomic mass is 32.1. The van der Waals surface area contributed by atoms with Gasteiger partial charge in [-0.1, -0.05) is 47.2 Å². The Labute approximate surface area is 173 Å². The molecular weight excluding hydrogens is 386 g/mol. The molecule has 0 radical (unpaired) electrons. The van der Waals surface area contributed by atoms with Crippen LogP contribution in [-0.2, 0) is 6.54 Å². The molecule has 150 valence electrons. The molecule has 0 fully saturated rings. The average Bonchev–Trinajstić information content (AvgIpc) is 3.03. The summed E-state index contributed by atoms with van der Waals surface area (Å²) in [6.45, 7) is 8.08. The highest BCUT2D eigenvalue weighted by Gasteiger charge is 2.18. The first-order valence-corrected chi connectivity index (χ1v) is 9.99. The second-order valence-corrected chi connectivity index (χ2v) is 7.98. The van der Waals surface area contributed by atoms with Crippen LogP contribution in [0.4, 0.5) is 10.8 Å². The lowest BCUT2D eigenvalue weighted by molar-refractivity contribution is 0.0695. The van der Waals surface area contributed by atoms with Crippen molar-refractivity contribution in [3.63, 3.8) is 0 Å². The monoisotopic (exact) mass is 409 g/mol. The van der Waals surface area contributed by atoms with Gasteiger partial charge in [-0.15, -0.1) is 0 Å². The number of thiazole rings is 1. The largest absolute Gasteiger partial charge is 0.478 e. The van der Waals surface area contributed by atoms with Crippen LogP contribution in [0.3, 0.4) is 0 Å². The summed E-state index contributed by atoms with van der Waals surface area (Å²) in [4.78, 5) is 29.1. The molecule has 0 spiro atoms. The lowest BCUT2D eigenvalue weighted by atomic mass is 10.1. The molecule has 0 aliphatic carbocycles. The van der Waals surface area contributed by atoms with E-state index in [-0.39, 0.29) is 11.5 Å². The molecule has 0 aliphatic heterocycles. The first kappa shape index (κ1) is 20.5. The Kier molecular flexibility index (Phi) is 5.98. The molecule has 0 saturated heterocycles. The van der Waals surface area contributed by atoms with E-state index >= 15 is 0 Å². The number of nitrogens with zero attached hydrogens (tertiary/aromatic N) is 1. The van der Waals surface area contributed by atoms with Crippen LogP contribution >= 0.6 is 11.3 Å². The molecule has 3 rings (SSSR count). The SMILES string of the molecule is Cc1cc(C)c(NC(=O)c2sc(NCc3ccccc3C(=O)O)nc2C)c(C)c1. The fourth-order valence-electron chi connectivity index (χ4n) is 3.28. The first-order chi connectivity index (χ1) is 13.8. The number of anilines is 2. The van der Waals surface area contributed by atoms with Crippen LogP contribution in [0.2, 0.25) is 0 Å². The van der Waals surface area contributed by atoms with E-state index in [1.54, 1.807) is 31.2 Å². The molecule has 0 aliphatic rings. The van der Waals surface area contributed by atoms with E-state index in [0.29, 0.717) is 27.8 Å². The minimum Gasteiger partial charge on any atom is -0.478 e. The lowest BCUT2D eigenvalue weighted by Gasteiger charge is -2.12. The van der Waals surface area contributed by atoms with E-state index in [9.17, 15) is 14.7 Å². The fourth-order valence-corrected chi connectivity index (χ4v) is 4.14. The van der Waals surface area contributed by atoms with Gasteiger partial charge in [-0.3, -0.25) is 4.79 Å². The van der Waals surface area contributed by atoms with Crippen molar-refractivity contribution < 1.29 is 14.7 Å². The summed E-state index contributed by atoms with van der Waals surface area (Å²) in [6, 6.07) is 10.9. The summed E-state index contributed by atoms with van der Waals surface area (Å²) in [6.07, 6.45) is 0. The highest BCUT2D eigenvalue weighted by molar-refractivity contribution is 7.17. The molecular formula is C22H23N3O3S. The van der Waals surface area contributed by atoms with Gasteiger partial charge in [0.1, 0.15) is 4.88 Å². The zero-order valence-corrected chi connectivity index (χ0v) is 17.6. The summed E-state index contributed by atoms with van der Waals surface area (Å²) in [5.41, 5.74) is 5.53. The topological polar surface area (TPSA) is 91.3 Å². The molecule has 0 saturated carbocycles. The number of hydrogen-bond donors (Lipinski definition) is 3. The van der Waals surface area contributed by atoms with Crippen LogP contribution in [-0.4, -0.2) is 22.0 Å². The third-order valence-corrected chi connectivity index (χ3v) is 5.71. The number of carboxylic acid groups (broad SMARTS) is 1. The number of aromatic carboxylic acids is 1. The number of carbonyl (C=O) groups excluding carboxylic acids is 1. The average molecular weight is 410 g/mol. The van der Waals surface area contributed by atoms with E-state index in [4.69, 9.17) is 0 Å². The molecule has 0 atom stereocenters. The van der Waals surface area contributed by atoms with Crippen molar-refractivity contribution in [3.8, 4) is 0 Å². The normalized spacial score (nSPS) is 10.6. The molecule has 6 nitrogen and oxygen atoms in total. The van der Waals surface area contributed by atoms with Crippen LogP contribution in [0, 0.1) is 27.7 Å². The predicted molar refractivity (Wildman–Crippen MR) is 116 cm³/mol. The van der Waals surface area contributed by atoms with Gasteiger partial charge in [0.25, 0.3) is 5.91 Å². The first-order valence-electron chi connectivity index (χ1n) is 9.18. The van der Waals surface area contributed by atoms with E-state index in [0.717, 1.165) is 22.4 Å². The smallest absolute Gasteiger partial charge is 0.336 e. The summed E-state index contributed by atoms with van der Waals surface area (Å²) in [7, 11) is 0. The quantitative estimate of drug-likeness (QED) is 0.536. The maximum atomic E-state index is 12.8. The van der Waals surface area contributed by atoms with Gasteiger partial charge in [0.2, 0.25) is 0 Å². The number of carboxylic acids is 1. The minimum atomic E-state index is -0.971. The van der Waals surface area contributed by atoms with E-state index in [1.165, 1.54) is 11.3 Å². The van der Waals surface area contributed by atoms with Crippen molar-refractivity contribution in [1.82, 2.24) is 4.98 Å². The molecule has 29 heavy (non-hydrogen) atoms. The molecule has 1 aromatic heterocycles. The molecule has 3 N–H and O–H groups in total. The number of carbonyl (C=O) groups is 2. The number of rotatable bonds is 6. The zero-order valence-electron chi connectivity index (χ0n) is 16.8. The van der Waals surface area contributed by atoms with E-state index in [2.05, 4.69) is 15.6 Å². The van der Waals surface area contributed by atoms with Gasteiger partial charge < -0.3 is 15.7 Å². The van der Waals surface area contributed by atoms with Gasteiger partial charge in [-0.25, -0.2) is 9.78 Å². The standard InChI is InChI=1S/C22H23N3O3S/c1-12-9-13(2)18(14(3)10-12)25-20(26)19-15(4)24-22(29-19)23-11-16-7-5-6-8-17(16)21(27)28/h5-10H,11H2,1-4H3,(H,23,24)(H,25,26)(H,27,28). The van der Waals surface area contributed by atoms with Crippen LogP contribution in [0.5, 0.6) is 0 Å². The number of aryl methyl sites for hydroxylation is 4. The summed E-state index contributed by atoms with van der Waals surface area (Å²) < 4.78 is 0. The van der Waals surface area contributed by atoms with Crippen molar-refractivity contribution in [2.24, 2.45) is 0 Å². The van der Waals surface area contributed by atoms with Crippen LogP contribution in [0.25, 0.3) is 0 Å². The molecule has 7 heteroatoms. The second kappa shape index (κ2) is 8.45. The molecule has 3 aromatic rings. The zero-order chi connectivity index (χ0) is 21.1. The maximum Gasteiger partial charge on any atom is 0.336 e. The van der Waals surface area contributed by atoms with Gasteiger partial charge >= 0.3 is 5.97 Å². The van der Waals surface area contributed by atoms with E-state index < -0.39 is 5.97 Å². The van der Waals surface area contributed by atoms with Crippen molar-refractivity contribution in [3.05, 3.63) is 74.8 Å². The van der Waals surface area contributed by atoms with Gasteiger partial charge in [-0.2, -0.15) is 0 Å². The predicted octanol–water partition coefficient (Wildman–Crippen LogP) is 4.94. The van der Waals surface area contributed by atoms with Crippen molar-refractivity contribution in [2.75, 3.05) is 10.6 Å². The third-order valence-electron chi connectivity index (χ3n) is 4.60. The van der Waals surface area contributed by atoms with E-state index in [1.807, 2.05) is 32.9 Å². The Morgan fingerprint density at radius 2 is 1.72 bits per heavy atom.